The number of ether oxygens (including phenoxy) is 2. The lowest BCUT2D eigenvalue weighted by atomic mass is 10.1. The Hall–Kier alpha value is -3.61. The molecule has 0 aliphatic heterocycles. The first-order valence-electron chi connectivity index (χ1n) is 9.43. The van der Waals surface area contributed by atoms with E-state index in [0.717, 1.165) is 17.0 Å². The van der Waals surface area contributed by atoms with Crippen molar-refractivity contribution in [2.75, 3.05) is 25.6 Å². The number of nitrogens with one attached hydrogen (secondary N) is 2. The molecular weight excluding hydrogens is 368 g/mol. The van der Waals surface area contributed by atoms with Crippen LogP contribution in [-0.2, 0) is 6.42 Å². The van der Waals surface area contributed by atoms with Crippen molar-refractivity contribution < 1.29 is 14.3 Å². The van der Waals surface area contributed by atoms with Crippen molar-refractivity contribution >= 4 is 17.5 Å². The fraction of sp³-hybridized carbons (Fsp3) is 0.227. The molecule has 7 nitrogen and oxygen atoms in total. The lowest BCUT2D eigenvalue weighted by Crippen LogP contribution is -2.26. The minimum atomic E-state index is -0.261. The van der Waals surface area contributed by atoms with E-state index in [4.69, 9.17) is 9.47 Å². The summed E-state index contributed by atoms with van der Waals surface area (Å²) in [6.45, 7) is 2.94. The zero-order valence-electron chi connectivity index (χ0n) is 16.5. The zero-order valence-corrected chi connectivity index (χ0v) is 16.5. The van der Waals surface area contributed by atoms with E-state index in [9.17, 15) is 4.79 Å². The van der Waals surface area contributed by atoms with E-state index in [1.807, 2.05) is 55.5 Å². The third kappa shape index (κ3) is 5.44. The zero-order chi connectivity index (χ0) is 20.5. The number of carbonyl (C=O) groups is 1. The molecule has 3 aromatic rings. The average molecular weight is 392 g/mol. The third-order valence-electron chi connectivity index (χ3n) is 4.19. The van der Waals surface area contributed by atoms with E-state index in [-0.39, 0.29) is 11.6 Å². The number of nitrogens with zero attached hydrogens (tertiary/aromatic N) is 2. The number of hydrogen-bond acceptors (Lipinski definition) is 6. The number of para-hydroxylation sites is 3. The summed E-state index contributed by atoms with van der Waals surface area (Å²) < 4.78 is 10.9. The second-order valence-corrected chi connectivity index (χ2v) is 6.14. The Bertz CT molecular complexity index is 962. The standard InChI is InChI=1S/C22H24N4O3/c1-3-29-20-11-7-5-9-17(20)25-22-24-15-13-18(26-22)21(27)23-14-12-16-8-4-6-10-19(16)28-2/h4-11,13,15H,3,12,14H2,1-2H3,(H,23,27)(H,24,25,26). The van der Waals surface area contributed by atoms with Gasteiger partial charge in [0.15, 0.2) is 0 Å². The first-order valence-corrected chi connectivity index (χ1v) is 9.43. The lowest BCUT2D eigenvalue weighted by molar-refractivity contribution is 0.0949. The highest BCUT2D eigenvalue weighted by Gasteiger charge is 2.11. The summed E-state index contributed by atoms with van der Waals surface area (Å²) in [6, 6.07) is 16.8. The SMILES string of the molecule is CCOc1ccccc1Nc1nccc(C(=O)NCCc2ccccc2OC)n1. The molecule has 0 spiro atoms. The van der Waals surface area contributed by atoms with Gasteiger partial charge in [-0.15, -0.1) is 0 Å². The number of carbonyl (C=O) groups excluding carboxylic acids is 1. The van der Waals surface area contributed by atoms with Gasteiger partial charge in [0, 0.05) is 12.7 Å². The molecule has 1 amide bonds. The van der Waals surface area contributed by atoms with Gasteiger partial charge in [-0.2, -0.15) is 0 Å². The fourth-order valence-corrected chi connectivity index (χ4v) is 2.83. The summed E-state index contributed by atoms with van der Waals surface area (Å²) >= 11 is 0. The maximum Gasteiger partial charge on any atom is 0.270 e. The molecule has 2 aromatic carbocycles. The summed E-state index contributed by atoms with van der Waals surface area (Å²) in [4.78, 5) is 21.0. The van der Waals surface area contributed by atoms with Gasteiger partial charge < -0.3 is 20.1 Å². The van der Waals surface area contributed by atoms with E-state index in [1.165, 1.54) is 0 Å². The molecule has 7 heteroatoms. The predicted molar refractivity (Wildman–Crippen MR) is 112 cm³/mol. The Labute approximate surface area is 170 Å². The highest BCUT2D eigenvalue weighted by atomic mass is 16.5. The largest absolute Gasteiger partial charge is 0.496 e. The van der Waals surface area contributed by atoms with Crippen LogP contribution in [0.3, 0.4) is 0 Å². The van der Waals surface area contributed by atoms with Gasteiger partial charge in [0.2, 0.25) is 5.95 Å². The van der Waals surface area contributed by atoms with Crippen molar-refractivity contribution in [1.82, 2.24) is 15.3 Å². The van der Waals surface area contributed by atoms with E-state index < -0.39 is 0 Å². The van der Waals surface area contributed by atoms with Crippen LogP contribution < -0.4 is 20.1 Å². The Morgan fingerprint density at radius 3 is 2.59 bits per heavy atom. The molecule has 1 aromatic heterocycles. The van der Waals surface area contributed by atoms with Crippen molar-refractivity contribution in [3.63, 3.8) is 0 Å². The molecule has 0 saturated carbocycles. The van der Waals surface area contributed by atoms with E-state index in [2.05, 4.69) is 20.6 Å². The summed E-state index contributed by atoms with van der Waals surface area (Å²) in [7, 11) is 1.64. The van der Waals surface area contributed by atoms with Crippen molar-refractivity contribution in [2.45, 2.75) is 13.3 Å². The quantitative estimate of drug-likeness (QED) is 0.579. The summed E-state index contributed by atoms with van der Waals surface area (Å²) in [5, 5.41) is 5.99. The number of amides is 1. The second kappa shape index (κ2) is 10.1. The van der Waals surface area contributed by atoms with Gasteiger partial charge in [-0.1, -0.05) is 30.3 Å². The van der Waals surface area contributed by atoms with Crippen LogP contribution >= 0.6 is 0 Å². The first kappa shape index (κ1) is 20.1. The van der Waals surface area contributed by atoms with Gasteiger partial charge >= 0.3 is 0 Å². The number of rotatable bonds is 9. The van der Waals surface area contributed by atoms with Crippen LogP contribution in [0.2, 0.25) is 0 Å². The van der Waals surface area contributed by atoms with Crippen LogP contribution in [-0.4, -0.2) is 36.1 Å². The first-order chi connectivity index (χ1) is 14.2. The molecule has 2 N–H and O–H groups in total. The summed E-state index contributed by atoms with van der Waals surface area (Å²) in [6.07, 6.45) is 2.21. The van der Waals surface area contributed by atoms with E-state index in [1.54, 1.807) is 19.4 Å². The van der Waals surface area contributed by atoms with Crippen LogP contribution in [0.5, 0.6) is 11.5 Å². The normalized spacial score (nSPS) is 10.3. The van der Waals surface area contributed by atoms with Crippen LogP contribution in [0.15, 0.2) is 60.8 Å². The van der Waals surface area contributed by atoms with E-state index >= 15 is 0 Å². The maximum absolute atomic E-state index is 12.5. The van der Waals surface area contributed by atoms with Gasteiger partial charge in [0.05, 0.1) is 19.4 Å². The molecule has 1 heterocycles. The number of aromatic nitrogens is 2. The molecule has 29 heavy (non-hydrogen) atoms. The topological polar surface area (TPSA) is 85.4 Å². The Morgan fingerprint density at radius 2 is 1.79 bits per heavy atom. The number of hydrogen-bond donors (Lipinski definition) is 2. The maximum atomic E-state index is 12.5. The minimum Gasteiger partial charge on any atom is -0.496 e. The fourth-order valence-electron chi connectivity index (χ4n) is 2.83. The molecule has 0 fully saturated rings. The Balaban J connectivity index is 1.62. The number of methoxy groups -OCH3 is 1. The van der Waals surface area contributed by atoms with Crippen LogP contribution in [0.25, 0.3) is 0 Å². The minimum absolute atomic E-state index is 0.261. The highest BCUT2D eigenvalue weighted by molar-refractivity contribution is 5.92. The smallest absolute Gasteiger partial charge is 0.270 e. The lowest BCUT2D eigenvalue weighted by Gasteiger charge is -2.12. The molecular formula is C22H24N4O3. The van der Waals surface area contributed by atoms with Gasteiger partial charge in [-0.25, -0.2) is 9.97 Å². The Morgan fingerprint density at radius 1 is 1.03 bits per heavy atom. The highest BCUT2D eigenvalue weighted by Crippen LogP contribution is 2.26. The third-order valence-corrected chi connectivity index (χ3v) is 4.19. The van der Waals surface area contributed by atoms with Gasteiger partial charge in [0.25, 0.3) is 5.91 Å². The molecule has 0 bridgehead atoms. The molecule has 0 unspecified atom stereocenters. The monoisotopic (exact) mass is 392 g/mol. The Kier molecular flexibility index (Phi) is 7.00. The van der Waals surface area contributed by atoms with Crippen LogP contribution in [0, 0.1) is 0 Å². The molecule has 0 aliphatic carbocycles. The van der Waals surface area contributed by atoms with Crippen molar-refractivity contribution in [3.05, 3.63) is 72.1 Å². The number of anilines is 2. The second-order valence-electron chi connectivity index (χ2n) is 6.14. The van der Waals surface area contributed by atoms with Crippen LogP contribution in [0.1, 0.15) is 23.0 Å². The van der Waals surface area contributed by atoms with Crippen molar-refractivity contribution in [1.29, 1.82) is 0 Å². The summed E-state index contributed by atoms with van der Waals surface area (Å²) in [5.74, 6) is 1.58. The molecule has 3 rings (SSSR count). The van der Waals surface area contributed by atoms with Gasteiger partial charge in [-0.3, -0.25) is 4.79 Å². The summed E-state index contributed by atoms with van der Waals surface area (Å²) in [5.41, 5.74) is 2.06. The number of benzene rings is 2. The average Bonchev–Trinajstić information content (AvgIpc) is 2.76. The van der Waals surface area contributed by atoms with Crippen molar-refractivity contribution in [2.24, 2.45) is 0 Å². The molecule has 0 aliphatic rings. The molecule has 0 radical (unpaired) electrons. The molecule has 150 valence electrons. The van der Waals surface area contributed by atoms with Crippen molar-refractivity contribution in [3.8, 4) is 11.5 Å². The van der Waals surface area contributed by atoms with Crippen LogP contribution in [0.4, 0.5) is 11.6 Å². The van der Waals surface area contributed by atoms with Gasteiger partial charge in [-0.05, 0) is 43.2 Å². The predicted octanol–water partition coefficient (Wildman–Crippen LogP) is 3.60. The molecule has 0 saturated heterocycles. The van der Waals surface area contributed by atoms with Gasteiger partial charge in [0.1, 0.15) is 17.2 Å². The van der Waals surface area contributed by atoms with E-state index in [0.29, 0.717) is 31.3 Å². The molecule has 0 atom stereocenters.